The van der Waals surface area contributed by atoms with Crippen LogP contribution in [0.1, 0.15) is 0 Å². The Morgan fingerprint density at radius 3 is 3.25 bits per heavy atom. The Hall–Kier alpha value is -1.62. The maximum absolute atomic E-state index is 13.7. The van der Waals surface area contributed by atoms with E-state index in [0.717, 1.165) is 0 Å². The van der Waals surface area contributed by atoms with Crippen LogP contribution in [0, 0.1) is 5.82 Å². The molecule has 1 N–H and O–H groups in total. The molecule has 2 aliphatic rings. The quantitative estimate of drug-likeness (QED) is 0.696. The zero-order valence-corrected chi connectivity index (χ0v) is 8.57. The fourth-order valence-corrected chi connectivity index (χ4v) is 2.20. The van der Waals surface area contributed by atoms with Gasteiger partial charge in [-0.25, -0.2) is 4.39 Å². The second kappa shape index (κ2) is 3.45. The number of benzene rings is 1. The van der Waals surface area contributed by atoms with E-state index in [2.05, 4.69) is 5.32 Å². The summed E-state index contributed by atoms with van der Waals surface area (Å²) in [6.07, 6.45) is 0. The van der Waals surface area contributed by atoms with Crippen LogP contribution < -0.4 is 15.0 Å². The van der Waals surface area contributed by atoms with E-state index in [4.69, 9.17) is 4.74 Å². The third-order valence-corrected chi connectivity index (χ3v) is 2.91. The van der Waals surface area contributed by atoms with Gasteiger partial charge in [-0.1, -0.05) is 6.07 Å². The van der Waals surface area contributed by atoms with Crippen molar-refractivity contribution in [2.75, 3.05) is 24.6 Å². The summed E-state index contributed by atoms with van der Waals surface area (Å²) in [4.78, 5) is 13.3. The summed E-state index contributed by atoms with van der Waals surface area (Å²) in [7, 11) is 0. The first kappa shape index (κ1) is 9.59. The summed E-state index contributed by atoms with van der Waals surface area (Å²) in [5, 5.41) is 2.99. The molecule has 4 nitrogen and oxygen atoms in total. The number of anilines is 1. The first-order valence-corrected chi connectivity index (χ1v) is 5.21. The summed E-state index contributed by atoms with van der Waals surface area (Å²) in [5.74, 6) is -0.0603. The summed E-state index contributed by atoms with van der Waals surface area (Å²) in [5.41, 5.74) is 0.283. The number of para-hydroxylation sites is 1. The first-order chi connectivity index (χ1) is 7.77. The minimum atomic E-state index is -0.405. The van der Waals surface area contributed by atoms with Gasteiger partial charge in [-0.05, 0) is 12.1 Å². The number of nitrogens with one attached hydrogen (secondary N) is 1. The van der Waals surface area contributed by atoms with Crippen molar-refractivity contribution in [1.82, 2.24) is 5.32 Å². The highest BCUT2D eigenvalue weighted by Crippen LogP contribution is 2.36. The molecule has 0 spiro atoms. The number of amides is 1. The van der Waals surface area contributed by atoms with E-state index >= 15 is 0 Å². The van der Waals surface area contributed by atoms with Crippen LogP contribution in [0.4, 0.5) is 10.1 Å². The van der Waals surface area contributed by atoms with E-state index in [1.54, 1.807) is 12.1 Å². The Labute approximate surface area is 92.0 Å². The fourth-order valence-electron chi connectivity index (χ4n) is 2.20. The summed E-state index contributed by atoms with van der Waals surface area (Å²) in [6, 6.07) is 4.51. The minimum Gasteiger partial charge on any atom is -0.489 e. The third-order valence-electron chi connectivity index (χ3n) is 2.91. The molecule has 0 saturated carbocycles. The largest absolute Gasteiger partial charge is 0.489 e. The summed E-state index contributed by atoms with van der Waals surface area (Å²) < 4.78 is 19.2. The Morgan fingerprint density at radius 2 is 2.38 bits per heavy atom. The molecule has 1 aromatic carbocycles. The summed E-state index contributed by atoms with van der Waals surface area (Å²) in [6.45, 7) is 1.30. The molecule has 0 aliphatic carbocycles. The van der Waals surface area contributed by atoms with E-state index in [-0.39, 0.29) is 24.2 Å². The molecule has 3 rings (SSSR count). The number of hydrogen-bond donors (Lipinski definition) is 1. The average molecular weight is 222 g/mol. The Bertz CT molecular complexity index is 450. The number of carbonyl (C=O) groups excluding carboxylic acids is 1. The summed E-state index contributed by atoms with van der Waals surface area (Å²) >= 11 is 0. The molecule has 84 valence electrons. The molecule has 0 radical (unpaired) electrons. The van der Waals surface area contributed by atoms with Crippen molar-refractivity contribution in [2.24, 2.45) is 0 Å². The standard InChI is InChI=1S/C11H11FN2O2/c12-8-2-1-3-9-11(8)14-7(6-16-9)4-13-5-10(14)15/h1-3,7,13H,4-6H2. The number of piperazine rings is 1. The lowest BCUT2D eigenvalue weighted by molar-refractivity contribution is -0.119. The van der Waals surface area contributed by atoms with Gasteiger partial charge in [0.25, 0.3) is 0 Å². The van der Waals surface area contributed by atoms with Crippen molar-refractivity contribution in [1.29, 1.82) is 0 Å². The molecular weight excluding hydrogens is 211 g/mol. The number of nitrogens with zero attached hydrogens (tertiary/aromatic N) is 1. The third kappa shape index (κ3) is 1.28. The van der Waals surface area contributed by atoms with Crippen LogP contribution in [0.2, 0.25) is 0 Å². The van der Waals surface area contributed by atoms with Crippen molar-refractivity contribution < 1.29 is 13.9 Å². The van der Waals surface area contributed by atoms with Crippen LogP contribution in [0.3, 0.4) is 0 Å². The topological polar surface area (TPSA) is 41.6 Å². The predicted octanol–water partition coefficient (Wildman–Crippen LogP) is 0.523. The Morgan fingerprint density at radius 1 is 1.50 bits per heavy atom. The van der Waals surface area contributed by atoms with E-state index in [1.165, 1.54) is 11.0 Å². The van der Waals surface area contributed by atoms with Crippen molar-refractivity contribution >= 4 is 11.6 Å². The van der Waals surface area contributed by atoms with Gasteiger partial charge in [-0.15, -0.1) is 0 Å². The second-order valence-corrected chi connectivity index (χ2v) is 3.95. The fraction of sp³-hybridized carbons (Fsp3) is 0.364. The van der Waals surface area contributed by atoms with Gasteiger partial charge in [0.15, 0.2) is 5.82 Å². The van der Waals surface area contributed by atoms with Crippen molar-refractivity contribution in [2.45, 2.75) is 6.04 Å². The maximum Gasteiger partial charge on any atom is 0.241 e. The van der Waals surface area contributed by atoms with Crippen LogP contribution in [-0.2, 0) is 4.79 Å². The number of halogens is 1. The lowest BCUT2D eigenvalue weighted by Crippen LogP contribution is -2.59. The highest BCUT2D eigenvalue weighted by Gasteiger charge is 2.36. The maximum atomic E-state index is 13.7. The lowest BCUT2D eigenvalue weighted by Gasteiger charge is -2.40. The molecule has 0 bridgehead atoms. The minimum absolute atomic E-state index is 0.106. The molecule has 1 fully saturated rings. The number of hydrogen-bond acceptors (Lipinski definition) is 3. The molecule has 0 aromatic heterocycles. The molecule has 2 aliphatic heterocycles. The van der Waals surface area contributed by atoms with Gasteiger partial charge in [-0.3, -0.25) is 9.69 Å². The predicted molar refractivity (Wildman–Crippen MR) is 56.0 cm³/mol. The Balaban J connectivity index is 2.12. The van der Waals surface area contributed by atoms with Crippen molar-refractivity contribution in [3.63, 3.8) is 0 Å². The van der Waals surface area contributed by atoms with Gasteiger partial charge in [0.1, 0.15) is 18.0 Å². The number of fused-ring (bicyclic) bond motifs is 3. The zero-order valence-electron chi connectivity index (χ0n) is 8.57. The van der Waals surface area contributed by atoms with Gasteiger partial charge in [-0.2, -0.15) is 0 Å². The first-order valence-electron chi connectivity index (χ1n) is 5.21. The van der Waals surface area contributed by atoms with Gasteiger partial charge in [0, 0.05) is 6.54 Å². The van der Waals surface area contributed by atoms with Crippen LogP contribution in [0.15, 0.2) is 18.2 Å². The van der Waals surface area contributed by atoms with Gasteiger partial charge in [0.2, 0.25) is 5.91 Å². The SMILES string of the molecule is O=C1CNCC2COc3cccc(F)c3N12. The van der Waals surface area contributed by atoms with E-state index in [1.807, 2.05) is 0 Å². The van der Waals surface area contributed by atoms with Gasteiger partial charge >= 0.3 is 0 Å². The normalized spacial score (nSPS) is 23.4. The molecule has 1 unspecified atom stereocenters. The number of ether oxygens (including phenoxy) is 1. The molecule has 16 heavy (non-hydrogen) atoms. The van der Waals surface area contributed by atoms with Crippen LogP contribution >= 0.6 is 0 Å². The van der Waals surface area contributed by atoms with Crippen molar-refractivity contribution in [3.8, 4) is 5.75 Å². The second-order valence-electron chi connectivity index (χ2n) is 3.95. The molecule has 2 heterocycles. The molecular formula is C11H11FN2O2. The highest BCUT2D eigenvalue weighted by atomic mass is 19.1. The van der Waals surface area contributed by atoms with E-state index < -0.39 is 5.82 Å². The molecule has 1 atom stereocenters. The Kier molecular flexibility index (Phi) is 2.07. The molecule has 5 heteroatoms. The van der Waals surface area contributed by atoms with Crippen LogP contribution in [-0.4, -0.2) is 31.6 Å². The van der Waals surface area contributed by atoms with Crippen molar-refractivity contribution in [3.05, 3.63) is 24.0 Å². The van der Waals surface area contributed by atoms with E-state index in [0.29, 0.717) is 18.9 Å². The number of rotatable bonds is 0. The zero-order chi connectivity index (χ0) is 11.1. The molecule has 1 amide bonds. The van der Waals surface area contributed by atoms with Gasteiger partial charge in [0.05, 0.1) is 12.6 Å². The monoisotopic (exact) mass is 222 g/mol. The van der Waals surface area contributed by atoms with E-state index in [9.17, 15) is 9.18 Å². The molecule has 1 saturated heterocycles. The number of carbonyl (C=O) groups is 1. The lowest BCUT2D eigenvalue weighted by atomic mass is 10.1. The highest BCUT2D eigenvalue weighted by molar-refractivity contribution is 5.98. The smallest absolute Gasteiger partial charge is 0.241 e. The van der Waals surface area contributed by atoms with Gasteiger partial charge < -0.3 is 10.1 Å². The van der Waals surface area contributed by atoms with Crippen LogP contribution in [0.25, 0.3) is 0 Å². The van der Waals surface area contributed by atoms with Crippen LogP contribution in [0.5, 0.6) is 5.75 Å². The average Bonchev–Trinajstić information content (AvgIpc) is 2.29. The molecule has 1 aromatic rings.